The van der Waals surface area contributed by atoms with Gasteiger partial charge in [0.1, 0.15) is 0 Å². The fraction of sp³-hybridized carbons (Fsp3) is 0.533. The third-order valence-corrected chi connectivity index (χ3v) is 4.57. The maximum atomic E-state index is 12.4. The van der Waals surface area contributed by atoms with Gasteiger partial charge in [-0.25, -0.2) is 0 Å². The first-order chi connectivity index (χ1) is 9.52. The first-order valence-electron chi connectivity index (χ1n) is 6.86. The summed E-state index contributed by atoms with van der Waals surface area (Å²) in [4.78, 5) is 12.4. The Bertz CT molecular complexity index is 495. The van der Waals surface area contributed by atoms with E-state index in [0.29, 0.717) is 10.6 Å². The highest BCUT2D eigenvalue weighted by Crippen LogP contribution is 2.38. The van der Waals surface area contributed by atoms with Gasteiger partial charge >= 0.3 is 0 Å². The van der Waals surface area contributed by atoms with Crippen molar-refractivity contribution in [2.24, 2.45) is 0 Å². The molecule has 1 atom stereocenters. The highest BCUT2D eigenvalue weighted by atomic mass is 35.5. The Kier molecular flexibility index (Phi) is 4.55. The molecule has 0 radical (unpaired) electrons. The molecule has 4 nitrogen and oxygen atoms in total. The second-order valence-electron chi connectivity index (χ2n) is 5.26. The van der Waals surface area contributed by atoms with Crippen LogP contribution in [0.5, 0.6) is 0 Å². The van der Waals surface area contributed by atoms with Crippen molar-refractivity contribution >= 4 is 23.2 Å². The number of rotatable bonds is 5. The van der Waals surface area contributed by atoms with Crippen LogP contribution in [0.2, 0.25) is 5.02 Å². The lowest BCUT2D eigenvalue weighted by atomic mass is 9.75. The highest BCUT2D eigenvalue weighted by molar-refractivity contribution is 6.34. The van der Waals surface area contributed by atoms with Crippen LogP contribution in [0.3, 0.4) is 0 Å². The Morgan fingerprint density at radius 1 is 1.45 bits per heavy atom. The Morgan fingerprint density at radius 2 is 2.15 bits per heavy atom. The Labute approximate surface area is 124 Å². The molecule has 110 valence electrons. The maximum absolute atomic E-state index is 12.4. The van der Waals surface area contributed by atoms with Crippen molar-refractivity contribution in [3.63, 3.8) is 0 Å². The first kappa shape index (κ1) is 15.1. The monoisotopic (exact) mass is 296 g/mol. The van der Waals surface area contributed by atoms with E-state index in [2.05, 4.69) is 10.6 Å². The summed E-state index contributed by atoms with van der Waals surface area (Å²) in [5.74, 6) is -0.164. The van der Waals surface area contributed by atoms with E-state index in [1.165, 1.54) is 0 Å². The standard InChI is InChI=1S/C15H21ClN2O2/c1-10(15(20-3)7-4-8-15)18-14(19)12-9-11(17-2)5-6-13(12)16/h5-6,9-10,17H,4,7-8H2,1-3H3,(H,18,19). The van der Waals surface area contributed by atoms with Crippen LogP contribution in [0, 0.1) is 0 Å². The summed E-state index contributed by atoms with van der Waals surface area (Å²) in [5.41, 5.74) is 1.12. The van der Waals surface area contributed by atoms with Gasteiger partial charge in [0, 0.05) is 19.8 Å². The first-order valence-corrected chi connectivity index (χ1v) is 7.23. The fourth-order valence-electron chi connectivity index (χ4n) is 2.60. The number of carbonyl (C=O) groups is 1. The topological polar surface area (TPSA) is 50.4 Å². The van der Waals surface area contributed by atoms with Gasteiger partial charge in [0.2, 0.25) is 0 Å². The highest BCUT2D eigenvalue weighted by Gasteiger charge is 2.43. The van der Waals surface area contributed by atoms with E-state index in [0.717, 1.165) is 24.9 Å². The van der Waals surface area contributed by atoms with Crippen molar-refractivity contribution in [3.8, 4) is 0 Å². The number of methoxy groups -OCH3 is 1. The lowest BCUT2D eigenvalue weighted by Gasteiger charge is -2.45. The van der Waals surface area contributed by atoms with Gasteiger partial charge < -0.3 is 15.4 Å². The molecule has 5 heteroatoms. The van der Waals surface area contributed by atoms with E-state index >= 15 is 0 Å². The second kappa shape index (κ2) is 6.02. The van der Waals surface area contributed by atoms with Crippen LogP contribution in [-0.4, -0.2) is 31.7 Å². The Morgan fingerprint density at radius 3 is 2.65 bits per heavy atom. The predicted octanol–water partition coefficient (Wildman–Crippen LogP) is 3.07. The smallest absolute Gasteiger partial charge is 0.253 e. The van der Waals surface area contributed by atoms with Crippen molar-refractivity contribution in [1.29, 1.82) is 0 Å². The molecule has 1 fully saturated rings. The number of halogens is 1. The van der Waals surface area contributed by atoms with E-state index in [1.54, 1.807) is 19.2 Å². The number of hydrogen-bond donors (Lipinski definition) is 2. The van der Waals surface area contributed by atoms with Crippen molar-refractivity contribution in [3.05, 3.63) is 28.8 Å². The molecule has 0 saturated heterocycles. The largest absolute Gasteiger partial charge is 0.388 e. The predicted molar refractivity (Wildman–Crippen MR) is 81.5 cm³/mol. The molecule has 1 aromatic rings. The molecule has 0 spiro atoms. The van der Waals surface area contributed by atoms with Crippen molar-refractivity contribution in [1.82, 2.24) is 5.32 Å². The van der Waals surface area contributed by atoms with Gasteiger partial charge in [-0.2, -0.15) is 0 Å². The van der Waals surface area contributed by atoms with Crippen molar-refractivity contribution in [2.75, 3.05) is 19.5 Å². The van der Waals surface area contributed by atoms with Crippen molar-refractivity contribution in [2.45, 2.75) is 37.8 Å². The van der Waals surface area contributed by atoms with Gasteiger partial charge in [0.25, 0.3) is 5.91 Å². The van der Waals surface area contributed by atoms with E-state index in [9.17, 15) is 4.79 Å². The van der Waals surface area contributed by atoms with Crippen LogP contribution in [0.15, 0.2) is 18.2 Å². The zero-order valence-electron chi connectivity index (χ0n) is 12.1. The average Bonchev–Trinajstić information content (AvgIpc) is 2.38. The Hall–Kier alpha value is -1.26. The summed E-state index contributed by atoms with van der Waals surface area (Å²) in [6, 6.07) is 5.28. The summed E-state index contributed by atoms with van der Waals surface area (Å²) in [5, 5.41) is 6.46. The van der Waals surface area contributed by atoms with Crippen molar-refractivity contribution < 1.29 is 9.53 Å². The average molecular weight is 297 g/mol. The minimum Gasteiger partial charge on any atom is -0.388 e. The molecule has 1 amide bonds. The number of hydrogen-bond acceptors (Lipinski definition) is 3. The molecule has 20 heavy (non-hydrogen) atoms. The zero-order valence-corrected chi connectivity index (χ0v) is 12.9. The lowest BCUT2D eigenvalue weighted by molar-refractivity contribution is -0.0919. The molecule has 1 aromatic carbocycles. The summed E-state index contributed by atoms with van der Waals surface area (Å²) < 4.78 is 5.59. The number of anilines is 1. The number of carbonyl (C=O) groups excluding carboxylic acids is 1. The van der Waals surface area contributed by atoms with Gasteiger partial charge in [0.15, 0.2) is 0 Å². The van der Waals surface area contributed by atoms with E-state index in [-0.39, 0.29) is 17.6 Å². The second-order valence-corrected chi connectivity index (χ2v) is 5.67. The molecule has 1 unspecified atom stereocenters. The number of nitrogens with one attached hydrogen (secondary N) is 2. The molecule has 0 aromatic heterocycles. The third kappa shape index (κ3) is 2.76. The van der Waals surface area contributed by atoms with Gasteiger partial charge in [0.05, 0.1) is 22.2 Å². The Balaban J connectivity index is 2.12. The molecule has 1 aliphatic rings. The summed E-state index contributed by atoms with van der Waals surface area (Å²) in [6.45, 7) is 1.98. The van der Waals surface area contributed by atoms with Gasteiger partial charge in [-0.1, -0.05) is 11.6 Å². The van der Waals surface area contributed by atoms with E-state index in [1.807, 2.05) is 20.0 Å². The SMILES string of the molecule is CNc1ccc(Cl)c(C(=O)NC(C)C2(OC)CCC2)c1. The molecular weight excluding hydrogens is 276 g/mol. The quantitative estimate of drug-likeness (QED) is 0.878. The number of benzene rings is 1. The van der Waals surface area contributed by atoms with Crippen LogP contribution in [-0.2, 0) is 4.74 Å². The third-order valence-electron chi connectivity index (χ3n) is 4.24. The normalized spacial score (nSPS) is 18.0. The molecule has 1 saturated carbocycles. The number of amides is 1. The number of ether oxygens (including phenoxy) is 1. The maximum Gasteiger partial charge on any atom is 0.253 e. The van der Waals surface area contributed by atoms with Crippen LogP contribution in [0.1, 0.15) is 36.5 Å². The lowest BCUT2D eigenvalue weighted by Crippen LogP contribution is -2.56. The molecule has 2 N–H and O–H groups in total. The zero-order chi connectivity index (χ0) is 14.8. The minimum atomic E-state index is -0.219. The minimum absolute atomic E-state index is 0.0388. The van der Waals surface area contributed by atoms with Gasteiger partial charge in [-0.15, -0.1) is 0 Å². The molecule has 0 bridgehead atoms. The van der Waals surface area contributed by atoms with E-state index < -0.39 is 0 Å². The fourth-order valence-corrected chi connectivity index (χ4v) is 2.80. The van der Waals surface area contributed by atoms with Crippen LogP contribution >= 0.6 is 11.6 Å². The summed E-state index contributed by atoms with van der Waals surface area (Å²) >= 11 is 6.11. The molecular formula is C15H21ClN2O2. The molecule has 0 aliphatic heterocycles. The van der Waals surface area contributed by atoms with Crippen LogP contribution in [0.4, 0.5) is 5.69 Å². The molecule has 1 aliphatic carbocycles. The van der Waals surface area contributed by atoms with Crippen LogP contribution < -0.4 is 10.6 Å². The summed E-state index contributed by atoms with van der Waals surface area (Å²) in [7, 11) is 3.51. The van der Waals surface area contributed by atoms with E-state index in [4.69, 9.17) is 16.3 Å². The molecule has 2 rings (SSSR count). The van der Waals surface area contributed by atoms with Crippen LogP contribution in [0.25, 0.3) is 0 Å². The summed E-state index contributed by atoms with van der Waals surface area (Å²) in [6.07, 6.45) is 3.11. The van der Waals surface area contributed by atoms with Gasteiger partial charge in [-0.05, 0) is 44.4 Å². The molecule has 0 heterocycles. The van der Waals surface area contributed by atoms with Gasteiger partial charge in [-0.3, -0.25) is 4.79 Å².